The van der Waals surface area contributed by atoms with Crippen LogP contribution in [0.1, 0.15) is 39.2 Å². The largest absolute Gasteiger partial charge is 0.497 e. The minimum absolute atomic E-state index is 0.0847. The van der Waals surface area contributed by atoms with Crippen molar-refractivity contribution >= 4 is 33.1 Å². The minimum atomic E-state index is -5.03. The van der Waals surface area contributed by atoms with Crippen molar-refractivity contribution in [3.8, 4) is 11.5 Å². The lowest BCUT2D eigenvalue weighted by Crippen LogP contribution is -2.42. The summed E-state index contributed by atoms with van der Waals surface area (Å²) in [6.45, 7) is 8.10. The molecule has 0 aliphatic carbocycles. The molecule has 3 heterocycles. The summed E-state index contributed by atoms with van der Waals surface area (Å²) in [6.07, 6.45) is 1.77. The fraction of sp³-hybridized carbons (Fsp3) is 0.469. The zero-order chi connectivity index (χ0) is 32.9. The Bertz CT molecular complexity index is 1710. The van der Waals surface area contributed by atoms with Crippen molar-refractivity contribution in [2.24, 2.45) is 10.8 Å². The van der Waals surface area contributed by atoms with Crippen molar-refractivity contribution in [3.63, 3.8) is 0 Å². The van der Waals surface area contributed by atoms with Gasteiger partial charge in [0.25, 0.3) is 10.0 Å². The quantitative estimate of drug-likeness (QED) is 0.190. The van der Waals surface area contributed by atoms with Crippen LogP contribution in [0.2, 0.25) is 5.02 Å². The number of anilines is 2. The number of rotatable bonds is 9. The van der Waals surface area contributed by atoms with Gasteiger partial charge in [0.15, 0.2) is 10.7 Å². The third-order valence-electron chi connectivity index (χ3n) is 9.02. The Balaban J connectivity index is 1.53. The van der Waals surface area contributed by atoms with Crippen LogP contribution >= 0.6 is 11.6 Å². The molecule has 244 valence electrons. The fourth-order valence-corrected chi connectivity index (χ4v) is 8.71. The molecule has 2 saturated heterocycles. The zero-order valence-corrected chi connectivity index (χ0v) is 27.8. The molecule has 2 unspecified atom stereocenters. The Hall–Kier alpha value is -3.22. The van der Waals surface area contributed by atoms with Crippen LogP contribution in [0, 0.1) is 28.4 Å². The molecule has 0 saturated carbocycles. The molecule has 13 heteroatoms. The van der Waals surface area contributed by atoms with Crippen molar-refractivity contribution in [3.05, 3.63) is 70.6 Å². The molecule has 3 aromatic rings. The standard InChI is InChI=1S/C32H38ClF3N4O4S/c1-31(2)16-25(38(4)18-31)32(3)12-13-39(19-32)23-15-22(34)30(29(36)28(23)33)45(41,42)40(27-9-7-8-26(35)37-27)17-20-10-11-21(43-5)14-24(20)44-6/h7-11,14-15,25H,12-13,16-19H2,1-6H3. The second kappa shape index (κ2) is 12.2. The first kappa shape index (κ1) is 33.2. The van der Waals surface area contributed by atoms with Crippen LogP contribution in [0.4, 0.5) is 24.7 Å². The van der Waals surface area contributed by atoms with E-state index < -0.39 is 44.1 Å². The predicted octanol–water partition coefficient (Wildman–Crippen LogP) is 6.51. The Morgan fingerprint density at radius 2 is 1.80 bits per heavy atom. The van der Waals surface area contributed by atoms with E-state index in [-0.39, 0.29) is 34.1 Å². The highest BCUT2D eigenvalue weighted by Crippen LogP contribution is 2.48. The summed E-state index contributed by atoms with van der Waals surface area (Å²) in [5, 5.41) is -0.506. The van der Waals surface area contributed by atoms with Gasteiger partial charge in [-0.25, -0.2) is 26.5 Å². The van der Waals surface area contributed by atoms with Gasteiger partial charge in [-0.3, -0.25) is 0 Å². The van der Waals surface area contributed by atoms with Gasteiger partial charge in [0.1, 0.15) is 28.2 Å². The monoisotopic (exact) mass is 666 g/mol. The Morgan fingerprint density at radius 1 is 1.07 bits per heavy atom. The number of hydrogen-bond donors (Lipinski definition) is 0. The summed E-state index contributed by atoms with van der Waals surface area (Å²) in [5.41, 5.74) is 0.384. The molecule has 0 amide bonds. The molecular formula is C32H38ClF3N4O4S. The number of methoxy groups -OCH3 is 2. The maximum Gasteiger partial charge on any atom is 0.271 e. The SMILES string of the molecule is COc1ccc(CN(c2cccc(F)n2)S(=O)(=O)c2c(F)cc(N3CCC(C)(C4CC(C)(C)CN4C)C3)c(Cl)c2F)c(OC)c1. The van der Waals surface area contributed by atoms with Gasteiger partial charge in [0, 0.05) is 48.8 Å². The van der Waals surface area contributed by atoms with Gasteiger partial charge < -0.3 is 19.3 Å². The van der Waals surface area contributed by atoms with Crippen LogP contribution in [0.3, 0.4) is 0 Å². The molecule has 0 radical (unpaired) electrons. The molecule has 2 aromatic carbocycles. The van der Waals surface area contributed by atoms with E-state index >= 15 is 8.78 Å². The fourth-order valence-electron chi connectivity index (χ4n) is 6.88. The smallest absolute Gasteiger partial charge is 0.271 e. The molecule has 45 heavy (non-hydrogen) atoms. The lowest BCUT2D eigenvalue weighted by Gasteiger charge is -2.36. The van der Waals surface area contributed by atoms with Gasteiger partial charge in [-0.1, -0.05) is 38.4 Å². The van der Waals surface area contributed by atoms with Crippen molar-refractivity contribution in [1.82, 2.24) is 9.88 Å². The lowest BCUT2D eigenvalue weighted by atomic mass is 9.76. The first-order chi connectivity index (χ1) is 21.1. The van der Waals surface area contributed by atoms with Crippen LogP contribution in [0.15, 0.2) is 47.4 Å². The van der Waals surface area contributed by atoms with Crippen LogP contribution < -0.4 is 18.7 Å². The highest BCUT2D eigenvalue weighted by atomic mass is 35.5. The molecule has 8 nitrogen and oxygen atoms in total. The number of halogens is 4. The molecule has 1 aromatic heterocycles. The van der Waals surface area contributed by atoms with E-state index in [9.17, 15) is 12.8 Å². The van der Waals surface area contributed by atoms with Crippen LogP contribution in [0.5, 0.6) is 11.5 Å². The predicted molar refractivity (Wildman–Crippen MR) is 168 cm³/mol. The van der Waals surface area contributed by atoms with E-state index in [0.717, 1.165) is 31.5 Å². The average Bonchev–Trinajstić information content (AvgIpc) is 3.51. The van der Waals surface area contributed by atoms with Gasteiger partial charge in [0.2, 0.25) is 5.95 Å². The first-order valence-corrected chi connectivity index (χ1v) is 16.4. The summed E-state index contributed by atoms with van der Waals surface area (Å²) in [6, 6.07) is 9.39. The molecule has 2 atom stereocenters. The summed E-state index contributed by atoms with van der Waals surface area (Å²) < 4.78 is 85.8. The van der Waals surface area contributed by atoms with Crippen LogP contribution in [-0.4, -0.2) is 65.2 Å². The van der Waals surface area contributed by atoms with E-state index in [1.807, 2.05) is 4.90 Å². The van der Waals surface area contributed by atoms with Gasteiger partial charge in [-0.05, 0) is 49.6 Å². The Labute approximate surface area is 267 Å². The summed E-state index contributed by atoms with van der Waals surface area (Å²) in [7, 11) is -0.100. The number of sulfonamides is 1. The lowest BCUT2D eigenvalue weighted by molar-refractivity contribution is 0.153. The zero-order valence-electron chi connectivity index (χ0n) is 26.2. The van der Waals surface area contributed by atoms with Gasteiger partial charge in [0.05, 0.1) is 26.5 Å². The van der Waals surface area contributed by atoms with Crippen LogP contribution in [-0.2, 0) is 16.6 Å². The second-order valence-corrected chi connectivity index (χ2v) is 15.1. The summed E-state index contributed by atoms with van der Waals surface area (Å²) in [4.78, 5) is 6.61. The molecular weight excluding hydrogens is 629 g/mol. The molecule has 0 bridgehead atoms. The number of benzene rings is 2. The molecule has 5 rings (SSSR count). The van der Waals surface area contributed by atoms with E-state index in [1.54, 1.807) is 6.07 Å². The van der Waals surface area contributed by atoms with Crippen molar-refractivity contribution in [2.75, 3.05) is 50.1 Å². The number of aromatic nitrogens is 1. The van der Waals surface area contributed by atoms with Crippen molar-refractivity contribution < 1.29 is 31.1 Å². The number of nitrogens with zero attached hydrogens (tertiary/aromatic N) is 4. The van der Waals surface area contributed by atoms with Crippen molar-refractivity contribution in [1.29, 1.82) is 0 Å². The highest BCUT2D eigenvalue weighted by molar-refractivity contribution is 7.92. The number of pyridine rings is 1. The minimum Gasteiger partial charge on any atom is -0.497 e. The topological polar surface area (TPSA) is 75.2 Å². The number of ether oxygens (including phenoxy) is 2. The molecule has 0 N–H and O–H groups in total. The maximum atomic E-state index is 16.1. The normalized spacial score (nSPS) is 21.7. The highest BCUT2D eigenvalue weighted by Gasteiger charge is 2.49. The maximum absolute atomic E-state index is 16.1. The first-order valence-electron chi connectivity index (χ1n) is 14.6. The Kier molecular flexibility index (Phi) is 8.98. The van der Waals surface area contributed by atoms with E-state index in [4.69, 9.17) is 21.1 Å². The third-order valence-corrected chi connectivity index (χ3v) is 11.2. The van der Waals surface area contributed by atoms with E-state index in [0.29, 0.717) is 28.7 Å². The summed E-state index contributed by atoms with van der Waals surface area (Å²) >= 11 is 6.51. The summed E-state index contributed by atoms with van der Waals surface area (Å²) in [5.74, 6) is -3.42. The van der Waals surface area contributed by atoms with E-state index in [1.165, 1.54) is 38.5 Å². The molecule has 2 aliphatic heterocycles. The van der Waals surface area contributed by atoms with Gasteiger partial charge in [-0.2, -0.15) is 4.39 Å². The Morgan fingerprint density at radius 3 is 2.42 bits per heavy atom. The van der Waals surface area contributed by atoms with Gasteiger partial charge >= 0.3 is 0 Å². The molecule has 0 spiro atoms. The number of hydrogen-bond acceptors (Lipinski definition) is 7. The second-order valence-electron chi connectivity index (χ2n) is 13.0. The van der Waals surface area contributed by atoms with Crippen molar-refractivity contribution in [2.45, 2.75) is 51.1 Å². The van der Waals surface area contributed by atoms with Crippen LogP contribution in [0.25, 0.3) is 0 Å². The molecule has 2 aliphatic rings. The molecule has 2 fully saturated rings. The number of likely N-dealkylation sites (tertiary alicyclic amines) is 1. The van der Waals surface area contributed by atoms with Gasteiger partial charge in [-0.15, -0.1) is 0 Å². The van der Waals surface area contributed by atoms with E-state index in [2.05, 4.69) is 37.7 Å². The average molecular weight is 667 g/mol. The third kappa shape index (κ3) is 6.29.